The van der Waals surface area contributed by atoms with Gasteiger partial charge in [0, 0.05) is 42.1 Å². The van der Waals surface area contributed by atoms with Gasteiger partial charge in [0.25, 0.3) is 0 Å². The topological polar surface area (TPSA) is 37.8 Å². The third-order valence-electron chi connectivity index (χ3n) is 2.38. The van der Waals surface area contributed by atoms with Crippen molar-refractivity contribution in [2.24, 2.45) is 0 Å². The number of pyridine rings is 2. The molecule has 2 rings (SSSR count). The maximum Gasteiger partial charge on any atom is 0.0542 e. The van der Waals surface area contributed by atoms with Gasteiger partial charge in [-0.3, -0.25) is 9.97 Å². The molecule has 0 aromatic carbocycles. The fourth-order valence-electron chi connectivity index (χ4n) is 1.49. The Morgan fingerprint density at radius 2 is 2.00 bits per heavy atom. The van der Waals surface area contributed by atoms with Crippen LogP contribution < -0.4 is 5.32 Å². The smallest absolute Gasteiger partial charge is 0.0542 e. The molecule has 0 aliphatic carbocycles. The average Bonchev–Trinajstić information content (AvgIpc) is 2.38. The van der Waals surface area contributed by atoms with Crippen LogP contribution in [0.2, 0.25) is 0 Å². The minimum absolute atomic E-state index is 0.792. The van der Waals surface area contributed by atoms with Gasteiger partial charge in [0.05, 0.1) is 5.69 Å². The van der Waals surface area contributed by atoms with Gasteiger partial charge >= 0.3 is 0 Å². The summed E-state index contributed by atoms with van der Waals surface area (Å²) in [6, 6.07) is 10.0. The van der Waals surface area contributed by atoms with E-state index >= 15 is 0 Å². The Kier molecular flexibility index (Phi) is 4.64. The zero-order valence-corrected chi connectivity index (χ0v) is 11.0. The van der Waals surface area contributed by atoms with Crippen molar-refractivity contribution in [3.05, 3.63) is 58.6 Å². The molecule has 0 bridgehead atoms. The van der Waals surface area contributed by atoms with Crippen molar-refractivity contribution < 1.29 is 0 Å². The van der Waals surface area contributed by atoms with Gasteiger partial charge < -0.3 is 5.32 Å². The molecule has 0 atom stereocenters. The summed E-state index contributed by atoms with van der Waals surface area (Å²) in [6.45, 7) is 1.70. The van der Waals surface area contributed by atoms with Gasteiger partial charge in [0.15, 0.2) is 0 Å². The van der Waals surface area contributed by atoms with Crippen molar-refractivity contribution in [2.45, 2.75) is 13.0 Å². The zero-order valence-electron chi connectivity index (χ0n) is 9.44. The highest BCUT2D eigenvalue weighted by atomic mass is 79.9. The average molecular weight is 292 g/mol. The van der Waals surface area contributed by atoms with Gasteiger partial charge in [-0.2, -0.15) is 0 Å². The van der Waals surface area contributed by atoms with Crippen molar-refractivity contribution in [3.63, 3.8) is 0 Å². The Morgan fingerprint density at radius 1 is 1.06 bits per heavy atom. The normalized spacial score (nSPS) is 10.4. The predicted octanol–water partition coefficient (Wildman–Crippen LogP) is 2.57. The van der Waals surface area contributed by atoms with Gasteiger partial charge in [-0.25, -0.2) is 0 Å². The van der Waals surface area contributed by atoms with Gasteiger partial charge in [0.2, 0.25) is 0 Å². The SMILES string of the molecule is Brc1ccc(CNCCc2ccccn2)nc1. The number of rotatable bonds is 5. The quantitative estimate of drug-likeness (QED) is 0.861. The fraction of sp³-hybridized carbons (Fsp3) is 0.231. The second kappa shape index (κ2) is 6.47. The second-order valence-corrected chi connectivity index (χ2v) is 4.63. The Bertz CT molecular complexity index is 442. The molecule has 0 saturated heterocycles. The molecule has 0 saturated carbocycles. The minimum atomic E-state index is 0.792. The first kappa shape index (κ1) is 12.2. The van der Waals surface area contributed by atoms with Gasteiger partial charge in [-0.05, 0) is 40.2 Å². The molecule has 0 radical (unpaired) electrons. The van der Waals surface area contributed by atoms with Crippen LogP contribution in [0.5, 0.6) is 0 Å². The Hall–Kier alpha value is -1.26. The maximum absolute atomic E-state index is 4.30. The van der Waals surface area contributed by atoms with E-state index < -0.39 is 0 Å². The zero-order chi connectivity index (χ0) is 11.9. The van der Waals surface area contributed by atoms with Crippen LogP contribution in [0.25, 0.3) is 0 Å². The summed E-state index contributed by atoms with van der Waals surface area (Å²) >= 11 is 3.37. The van der Waals surface area contributed by atoms with Gasteiger partial charge in [-0.1, -0.05) is 6.07 Å². The van der Waals surface area contributed by atoms with E-state index in [1.54, 1.807) is 0 Å². The minimum Gasteiger partial charge on any atom is -0.311 e. The number of aromatic nitrogens is 2. The number of hydrogen-bond acceptors (Lipinski definition) is 3. The number of nitrogens with zero attached hydrogens (tertiary/aromatic N) is 2. The molecule has 0 unspecified atom stereocenters. The van der Waals surface area contributed by atoms with Crippen LogP contribution in [0, 0.1) is 0 Å². The third kappa shape index (κ3) is 4.24. The molecular formula is C13H14BrN3. The third-order valence-corrected chi connectivity index (χ3v) is 2.85. The second-order valence-electron chi connectivity index (χ2n) is 3.72. The molecule has 4 heteroatoms. The Morgan fingerprint density at radius 3 is 2.71 bits per heavy atom. The van der Waals surface area contributed by atoms with Crippen LogP contribution in [-0.2, 0) is 13.0 Å². The standard InChI is InChI=1S/C13H14BrN3/c14-11-4-5-13(17-9-11)10-15-8-6-12-3-1-2-7-16-12/h1-5,7,9,15H,6,8,10H2. The summed E-state index contributed by atoms with van der Waals surface area (Å²) in [7, 11) is 0. The summed E-state index contributed by atoms with van der Waals surface area (Å²) in [5.41, 5.74) is 2.16. The summed E-state index contributed by atoms with van der Waals surface area (Å²) in [6.07, 6.45) is 4.58. The highest BCUT2D eigenvalue weighted by molar-refractivity contribution is 9.10. The number of halogens is 1. The van der Waals surface area contributed by atoms with Gasteiger partial charge in [0.1, 0.15) is 0 Å². The number of hydrogen-bond donors (Lipinski definition) is 1. The van der Waals surface area contributed by atoms with E-state index in [-0.39, 0.29) is 0 Å². The summed E-state index contributed by atoms with van der Waals surface area (Å²) < 4.78 is 1.01. The van der Waals surface area contributed by atoms with E-state index in [4.69, 9.17) is 0 Å². The first-order chi connectivity index (χ1) is 8.34. The molecular weight excluding hydrogens is 278 g/mol. The van der Waals surface area contributed by atoms with Gasteiger partial charge in [-0.15, -0.1) is 0 Å². The Balaban J connectivity index is 1.71. The lowest BCUT2D eigenvalue weighted by atomic mass is 10.2. The monoisotopic (exact) mass is 291 g/mol. The first-order valence-electron chi connectivity index (χ1n) is 5.55. The lowest BCUT2D eigenvalue weighted by molar-refractivity contribution is 0.668. The molecule has 0 spiro atoms. The van der Waals surface area contributed by atoms with Crippen molar-refractivity contribution in [1.82, 2.24) is 15.3 Å². The van der Waals surface area contributed by atoms with Crippen LogP contribution >= 0.6 is 15.9 Å². The number of nitrogens with one attached hydrogen (secondary N) is 1. The van der Waals surface area contributed by atoms with E-state index in [0.717, 1.165) is 35.4 Å². The van der Waals surface area contributed by atoms with Crippen LogP contribution in [0.1, 0.15) is 11.4 Å². The molecule has 2 aromatic rings. The molecule has 0 amide bonds. The molecule has 88 valence electrons. The summed E-state index contributed by atoms with van der Waals surface area (Å²) in [4.78, 5) is 8.57. The van der Waals surface area contributed by atoms with Crippen LogP contribution in [0.15, 0.2) is 47.2 Å². The fourth-order valence-corrected chi connectivity index (χ4v) is 1.72. The van der Waals surface area contributed by atoms with E-state index in [0.29, 0.717) is 0 Å². The van der Waals surface area contributed by atoms with Crippen LogP contribution in [-0.4, -0.2) is 16.5 Å². The molecule has 0 aliphatic heterocycles. The molecule has 0 fully saturated rings. The van der Waals surface area contributed by atoms with Crippen LogP contribution in [0.4, 0.5) is 0 Å². The van der Waals surface area contributed by atoms with Crippen molar-refractivity contribution in [1.29, 1.82) is 0 Å². The van der Waals surface area contributed by atoms with E-state index in [1.165, 1.54) is 0 Å². The maximum atomic E-state index is 4.30. The predicted molar refractivity (Wildman–Crippen MR) is 71.6 cm³/mol. The lowest BCUT2D eigenvalue weighted by Gasteiger charge is -2.04. The molecule has 2 heterocycles. The molecule has 0 aliphatic rings. The van der Waals surface area contributed by atoms with Crippen molar-refractivity contribution >= 4 is 15.9 Å². The largest absolute Gasteiger partial charge is 0.311 e. The highest BCUT2D eigenvalue weighted by Gasteiger charge is 1.95. The van der Waals surface area contributed by atoms with Crippen molar-refractivity contribution in [3.8, 4) is 0 Å². The van der Waals surface area contributed by atoms with E-state index in [1.807, 2.05) is 42.7 Å². The summed E-state index contributed by atoms with van der Waals surface area (Å²) in [5.74, 6) is 0. The van der Waals surface area contributed by atoms with E-state index in [9.17, 15) is 0 Å². The van der Waals surface area contributed by atoms with Crippen molar-refractivity contribution in [2.75, 3.05) is 6.54 Å². The lowest BCUT2D eigenvalue weighted by Crippen LogP contribution is -2.17. The molecule has 17 heavy (non-hydrogen) atoms. The molecule has 3 nitrogen and oxygen atoms in total. The Labute approximate surface area is 109 Å². The molecule has 2 aromatic heterocycles. The summed E-state index contributed by atoms with van der Waals surface area (Å²) in [5, 5.41) is 3.35. The van der Waals surface area contributed by atoms with E-state index in [2.05, 4.69) is 31.2 Å². The van der Waals surface area contributed by atoms with Crippen LogP contribution in [0.3, 0.4) is 0 Å². The first-order valence-corrected chi connectivity index (χ1v) is 6.35. The highest BCUT2D eigenvalue weighted by Crippen LogP contribution is 2.06. The molecule has 1 N–H and O–H groups in total.